The lowest BCUT2D eigenvalue weighted by atomic mass is 10.1. The van der Waals surface area contributed by atoms with Crippen molar-refractivity contribution < 1.29 is 4.74 Å². The second-order valence-corrected chi connectivity index (χ2v) is 3.62. The number of aromatic amines is 1. The maximum absolute atomic E-state index is 5.15. The van der Waals surface area contributed by atoms with Gasteiger partial charge in [-0.05, 0) is 19.1 Å². The van der Waals surface area contributed by atoms with Crippen LogP contribution in [-0.4, -0.2) is 27.5 Å². The molecule has 3 aromatic rings. The topological polar surface area (TPSA) is 63.7 Å². The summed E-state index contributed by atoms with van der Waals surface area (Å²) < 4.78 is 5.15. The van der Waals surface area contributed by atoms with E-state index in [1.54, 1.807) is 7.11 Å². The third kappa shape index (κ3) is 1.14. The number of rotatable bonds is 1. The van der Waals surface area contributed by atoms with Gasteiger partial charge in [0.05, 0.1) is 23.7 Å². The number of nitrogens with one attached hydrogen (secondary N) is 1. The smallest absolute Gasteiger partial charge is 0.178 e. The molecule has 2 heterocycles. The van der Waals surface area contributed by atoms with E-state index in [9.17, 15) is 0 Å². The fourth-order valence-corrected chi connectivity index (χ4v) is 1.85. The molecule has 2 aromatic heterocycles. The standard InChI is InChI=1S/C11H10N4O/c1-6-10-8-4-3-7(16-2)5-9(8)13-15-11(10)14-12-6/h3-5H,1-2H3,(H,12,14,15). The molecular weight excluding hydrogens is 204 g/mol. The number of aromatic nitrogens is 4. The largest absolute Gasteiger partial charge is 0.497 e. The number of aryl methyl sites for hydroxylation is 1. The molecule has 0 saturated carbocycles. The molecule has 5 nitrogen and oxygen atoms in total. The van der Waals surface area contributed by atoms with E-state index in [0.29, 0.717) is 0 Å². The van der Waals surface area contributed by atoms with E-state index in [2.05, 4.69) is 20.4 Å². The minimum Gasteiger partial charge on any atom is -0.497 e. The van der Waals surface area contributed by atoms with E-state index < -0.39 is 0 Å². The third-order valence-electron chi connectivity index (χ3n) is 2.66. The second-order valence-electron chi connectivity index (χ2n) is 3.62. The van der Waals surface area contributed by atoms with Gasteiger partial charge < -0.3 is 4.74 Å². The molecule has 80 valence electrons. The Balaban J connectivity index is 2.46. The predicted molar refractivity (Wildman–Crippen MR) is 60.5 cm³/mol. The van der Waals surface area contributed by atoms with Crippen LogP contribution in [0.5, 0.6) is 5.75 Å². The van der Waals surface area contributed by atoms with Gasteiger partial charge in [-0.3, -0.25) is 5.10 Å². The first-order valence-electron chi connectivity index (χ1n) is 4.94. The summed E-state index contributed by atoms with van der Waals surface area (Å²) in [4.78, 5) is 0. The van der Waals surface area contributed by atoms with Crippen LogP contribution in [0.25, 0.3) is 21.9 Å². The Bertz CT molecular complexity index is 674. The van der Waals surface area contributed by atoms with E-state index in [1.165, 1.54) is 0 Å². The number of H-pyrrole nitrogens is 1. The molecule has 0 radical (unpaired) electrons. The van der Waals surface area contributed by atoms with E-state index in [0.717, 1.165) is 33.4 Å². The molecule has 0 bridgehead atoms. The summed E-state index contributed by atoms with van der Waals surface area (Å²) >= 11 is 0. The first-order valence-corrected chi connectivity index (χ1v) is 4.94. The monoisotopic (exact) mass is 214 g/mol. The van der Waals surface area contributed by atoms with Crippen LogP contribution in [0.4, 0.5) is 0 Å². The maximum Gasteiger partial charge on any atom is 0.178 e. The summed E-state index contributed by atoms with van der Waals surface area (Å²) in [6.45, 7) is 1.95. The highest BCUT2D eigenvalue weighted by molar-refractivity contribution is 6.04. The Morgan fingerprint density at radius 2 is 2.12 bits per heavy atom. The molecule has 0 unspecified atom stereocenters. The summed E-state index contributed by atoms with van der Waals surface area (Å²) in [5, 5.41) is 17.3. The molecular formula is C11H10N4O. The van der Waals surface area contributed by atoms with Crippen LogP contribution in [0.15, 0.2) is 18.2 Å². The van der Waals surface area contributed by atoms with Crippen molar-refractivity contribution >= 4 is 21.9 Å². The van der Waals surface area contributed by atoms with E-state index in [-0.39, 0.29) is 0 Å². The van der Waals surface area contributed by atoms with Crippen LogP contribution >= 0.6 is 0 Å². The van der Waals surface area contributed by atoms with Gasteiger partial charge in [-0.1, -0.05) is 0 Å². The fourth-order valence-electron chi connectivity index (χ4n) is 1.85. The Labute approximate surface area is 91.4 Å². The van der Waals surface area contributed by atoms with Gasteiger partial charge in [-0.25, -0.2) is 0 Å². The van der Waals surface area contributed by atoms with Crippen molar-refractivity contribution in [1.82, 2.24) is 20.4 Å². The molecule has 0 spiro atoms. The van der Waals surface area contributed by atoms with Crippen molar-refractivity contribution in [2.75, 3.05) is 7.11 Å². The van der Waals surface area contributed by atoms with Crippen molar-refractivity contribution in [2.24, 2.45) is 0 Å². The first-order chi connectivity index (χ1) is 7.79. The van der Waals surface area contributed by atoms with Crippen LogP contribution in [0.3, 0.4) is 0 Å². The van der Waals surface area contributed by atoms with E-state index >= 15 is 0 Å². The SMILES string of the molecule is COc1ccc2c(c1)nnc1[nH]nc(C)c12. The lowest BCUT2D eigenvalue weighted by Gasteiger charge is -2.01. The molecule has 0 amide bonds. The van der Waals surface area contributed by atoms with Gasteiger partial charge in [0.2, 0.25) is 0 Å². The van der Waals surface area contributed by atoms with E-state index in [4.69, 9.17) is 4.74 Å². The fraction of sp³-hybridized carbons (Fsp3) is 0.182. The number of methoxy groups -OCH3 is 1. The minimum atomic E-state index is 0.718. The van der Waals surface area contributed by atoms with Crippen molar-refractivity contribution in [3.05, 3.63) is 23.9 Å². The molecule has 0 atom stereocenters. The average molecular weight is 214 g/mol. The second kappa shape index (κ2) is 3.16. The molecule has 0 saturated heterocycles. The molecule has 16 heavy (non-hydrogen) atoms. The normalized spacial score (nSPS) is 11.1. The highest BCUT2D eigenvalue weighted by Crippen LogP contribution is 2.25. The summed E-state index contributed by atoms with van der Waals surface area (Å²) in [6, 6.07) is 5.76. The molecule has 0 fully saturated rings. The molecule has 3 rings (SSSR count). The van der Waals surface area contributed by atoms with Gasteiger partial charge in [0, 0.05) is 11.5 Å². The Morgan fingerprint density at radius 3 is 2.94 bits per heavy atom. The van der Waals surface area contributed by atoms with Gasteiger partial charge in [-0.15, -0.1) is 10.2 Å². The predicted octanol–water partition coefficient (Wildman–Crippen LogP) is 1.82. The molecule has 1 N–H and O–H groups in total. The van der Waals surface area contributed by atoms with Crippen LogP contribution in [-0.2, 0) is 0 Å². The summed E-state index contributed by atoms with van der Waals surface area (Å²) in [5.41, 5.74) is 2.46. The summed E-state index contributed by atoms with van der Waals surface area (Å²) in [6.07, 6.45) is 0. The van der Waals surface area contributed by atoms with Gasteiger partial charge in [0.15, 0.2) is 5.65 Å². The minimum absolute atomic E-state index is 0.718. The number of benzene rings is 1. The van der Waals surface area contributed by atoms with E-state index in [1.807, 2.05) is 25.1 Å². The third-order valence-corrected chi connectivity index (χ3v) is 2.66. The number of hydrogen-bond acceptors (Lipinski definition) is 4. The first kappa shape index (κ1) is 9.08. The van der Waals surface area contributed by atoms with Crippen molar-refractivity contribution in [2.45, 2.75) is 6.92 Å². The van der Waals surface area contributed by atoms with Gasteiger partial charge in [0.25, 0.3) is 0 Å². The lowest BCUT2D eigenvalue weighted by molar-refractivity contribution is 0.415. The van der Waals surface area contributed by atoms with Gasteiger partial charge in [0.1, 0.15) is 5.75 Å². The summed E-state index contributed by atoms with van der Waals surface area (Å²) in [5.74, 6) is 0.780. The number of hydrogen-bond donors (Lipinski definition) is 1. The quantitative estimate of drug-likeness (QED) is 0.671. The van der Waals surface area contributed by atoms with Crippen LogP contribution in [0, 0.1) is 6.92 Å². The molecule has 0 aliphatic heterocycles. The number of ether oxygens (including phenoxy) is 1. The zero-order valence-electron chi connectivity index (χ0n) is 8.98. The number of fused-ring (bicyclic) bond motifs is 3. The summed E-state index contributed by atoms with van der Waals surface area (Å²) in [7, 11) is 1.64. The van der Waals surface area contributed by atoms with Crippen molar-refractivity contribution in [1.29, 1.82) is 0 Å². The van der Waals surface area contributed by atoms with Crippen LogP contribution < -0.4 is 4.74 Å². The van der Waals surface area contributed by atoms with Gasteiger partial charge in [-0.2, -0.15) is 5.10 Å². The molecule has 0 aliphatic rings. The average Bonchev–Trinajstić information content (AvgIpc) is 2.70. The molecule has 1 aromatic carbocycles. The maximum atomic E-state index is 5.15. The highest BCUT2D eigenvalue weighted by Gasteiger charge is 2.09. The Kier molecular flexibility index (Phi) is 1.80. The lowest BCUT2D eigenvalue weighted by Crippen LogP contribution is -1.88. The molecule has 5 heteroatoms. The zero-order chi connectivity index (χ0) is 11.1. The van der Waals surface area contributed by atoms with Crippen LogP contribution in [0.2, 0.25) is 0 Å². The van der Waals surface area contributed by atoms with Gasteiger partial charge >= 0.3 is 0 Å². The molecule has 0 aliphatic carbocycles. The zero-order valence-corrected chi connectivity index (χ0v) is 8.98. The highest BCUT2D eigenvalue weighted by atomic mass is 16.5. The van der Waals surface area contributed by atoms with Crippen molar-refractivity contribution in [3.8, 4) is 5.75 Å². The van der Waals surface area contributed by atoms with Crippen molar-refractivity contribution in [3.63, 3.8) is 0 Å². The van der Waals surface area contributed by atoms with Crippen LogP contribution in [0.1, 0.15) is 5.69 Å². The Morgan fingerprint density at radius 1 is 1.25 bits per heavy atom. The Hall–Kier alpha value is -2.17. The number of nitrogens with zero attached hydrogens (tertiary/aromatic N) is 3.